The fourth-order valence-electron chi connectivity index (χ4n) is 7.44. The predicted molar refractivity (Wildman–Crippen MR) is 266 cm³/mol. The van der Waals surface area contributed by atoms with Crippen molar-refractivity contribution < 1.29 is 9.47 Å². The lowest BCUT2D eigenvalue weighted by Gasteiger charge is -2.08. The van der Waals surface area contributed by atoms with Gasteiger partial charge in [-0.1, -0.05) is 181 Å². The fourth-order valence-corrected chi connectivity index (χ4v) is 7.44. The van der Waals surface area contributed by atoms with Gasteiger partial charge in [0.2, 0.25) is 0 Å². The highest BCUT2D eigenvalue weighted by atomic mass is 16.5. The number of rotatable bonds is 10. The molecular weight excluding hydrogens is 809 g/mol. The Bertz CT molecular complexity index is 2950. The molecule has 0 spiro atoms. The number of ether oxygens (including phenoxy) is 2. The van der Waals surface area contributed by atoms with E-state index < -0.39 is 0 Å². The Morgan fingerprint density at radius 3 is 0.606 bits per heavy atom. The van der Waals surface area contributed by atoms with Gasteiger partial charge in [-0.3, -0.25) is 0 Å². The Labute approximate surface area is 387 Å². The molecule has 8 rings (SSSR count). The van der Waals surface area contributed by atoms with Crippen molar-refractivity contribution in [2.24, 2.45) is 0 Å². The van der Waals surface area contributed by atoms with Gasteiger partial charge < -0.3 is 9.47 Å². The van der Waals surface area contributed by atoms with Crippen LogP contribution in [0.15, 0.2) is 194 Å². The van der Waals surface area contributed by atoms with Gasteiger partial charge in [0.1, 0.15) is 35.8 Å². The van der Waals surface area contributed by atoms with E-state index >= 15 is 0 Å². The third kappa shape index (κ3) is 10.5. The molecule has 0 aliphatic carbocycles. The first kappa shape index (κ1) is 44.8. The van der Waals surface area contributed by atoms with E-state index in [2.05, 4.69) is 86.7 Å². The zero-order chi connectivity index (χ0) is 46.4. The van der Waals surface area contributed by atoms with Crippen LogP contribution in [-0.2, 0) is 0 Å². The van der Waals surface area contributed by atoms with E-state index in [-0.39, 0.29) is 0 Å². The van der Waals surface area contributed by atoms with Crippen molar-refractivity contribution >= 4 is 22.3 Å². The van der Waals surface area contributed by atoms with Gasteiger partial charge in [-0.25, -0.2) is 0 Å². The summed E-state index contributed by atoms with van der Waals surface area (Å²) in [5.41, 5.74) is 15.3. The largest absolute Gasteiger partial charge is 0.497 e. The predicted octanol–water partition coefficient (Wildman–Crippen LogP) is 14.6. The maximum absolute atomic E-state index is 9.88. The number of hydrogen-bond acceptors (Lipinski definition) is 6. The second kappa shape index (κ2) is 21.3. The van der Waals surface area contributed by atoms with Crippen LogP contribution in [0, 0.1) is 59.2 Å². The lowest BCUT2D eigenvalue weighted by Crippen LogP contribution is -1.91. The number of benzene rings is 8. The number of hydrogen-bond donors (Lipinski definition) is 0. The molecule has 0 N–H and O–H groups in total. The van der Waals surface area contributed by atoms with E-state index in [1.807, 2.05) is 146 Å². The molecule has 316 valence electrons. The number of methoxy groups -OCH3 is 2. The zero-order valence-electron chi connectivity index (χ0n) is 37.1. The molecule has 0 fully saturated rings. The Morgan fingerprint density at radius 1 is 0.273 bits per heavy atom. The van der Waals surface area contributed by atoms with Gasteiger partial charge in [0.15, 0.2) is 0 Å². The lowest BCUT2D eigenvalue weighted by molar-refractivity contribution is 0.415. The monoisotopic (exact) mass is 852 g/mol. The quantitative estimate of drug-likeness (QED) is 0.1000. The van der Waals surface area contributed by atoms with E-state index in [9.17, 15) is 21.0 Å². The summed E-state index contributed by atoms with van der Waals surface area (Å²) >= 11 is 0. The van der Waals surface area contributed by atoms with Gasteiger partial charge in [0, 0.05) is 0 Å². The molecule has 0 amide bonds. The first-order valence-corrected chi connectivity index (χ1v) is 21.2. The van der Waals surface area contributed by atoms with Crippen LogP contribution in [0.5, 0.6) is 11.5 Å². The molecule has 0 aromatic heterocycles. The molecule has 8 aromatic carbocycles. The molecule has 0 unspecified atom stereocenters. The minimum atomic E-state index is 0.348. The van der Waals surface area contributed by atoms with Gasteiger partial charge in [-0.15, -0.1) is 0 Å². The normalized spacial score (nSPS) is 11.2. The molecule has 0 atom stereocenters. The van der Waals surface area contributed by atoms with Gasteiger partial charge in [-0.05, 0) is 105 Å². The SMILES string of the molecule is COc1ccc(-c2ccc(/C(C#N)=C(\C#N)c3ccc(-c4ccc(OC)cc4)cc3)cc2)cc1.Cc1ccc(-c2ccc(/C(C#N)=C(\C#N)c3ccc(-c4ccc(C)cc4)cc3)cc2)cc1. The zero-order valence-corrected chi connectivity index (χ0v) is 37.1. The average molecular weight is 853 g/mol. The third-order valence-corrected chi connectivity index (χ3v) is 11.3. The van der Waals surface area contributed by atoms with Crippen molar-refractivity contribution in [2.45, 2.75) is 13.8 Å². The molecule has 8 aromatic rings. The first-order valence-electron chi connectivity index (χ1n) is 21.2. The Hall–Kier alpha value is -9.20. The molecule has 0 saturated carbocycles. The van der Waals surface area contributed by atoms with E-state index in [1.165, 1.54) is 11.1 Å². The van der Waals surface area contributed by atoms with Crippen LogP contribution in [-0.4, -0.2) is 14.2 Å². The fraction of sp³-hybridized carbons (Fsp3) is 0.0667. The van der Waals surface area contributed by atoms with Gasteiger partial charge in [0.05, 0.1) is 36.5 Å². The topological polar surface area (TPSA) is 114 Å². The maximum atomic E-state index is 9.88. The summed E-state index contributed by atoms with van der Waals surface area (Å²) < 4.78 is 10.4. The van der Waals surface area contributed by atoms with Crippen LogP contribution in [0.2, 0.25) is 0 Å². The maximum Gasteiger partial charge on any atom is 0.118 e. The van der Waals surface area contributed by atoms with Gasteiger partial charge in [-0.2, -0.15) is 21.0 Å². The Morgan fingerprint density at radius 2 is 0.439 bits per heavy atom. The molecule has 6 nitrogen and oxygen atoms in total. The minimum Gasteiger partial charge on any atom is -0.497 e. The van der Waals surface area contributed by atoms with Crippen molar-refractivity contribution in [1.82, 2.24) is 0 Å². The molecule has 0 aliphatic rings. The van der Waals surface area contributed by atoms with Gasteiger partial charge in [0.25, 0.3) is 0 Å². The molecule has 0 heterocycles. The summed E-state index contributed by atoms with van der Waals surface area (Å²) in [4.78, 5) is 0. The van der Waals surface area contributed by atoms with Crippen LogP contribution in [0.3, 0.4) is 0 Å². The minimum absolute atomic E-state index is 0.348. The second-order valence-electron chi connectivity index (χ2n) is 15.4. The summed E-state index contributed by atoms with van der Waals surface area (Å²) in [6, 6.07) is 72.1. The molecule has 0 radical (unpaired) electrons. The van der Waals surface area contributed by atoms with Crippen molar-refractivity contribution in [1.29, 1.82) is 21.0 Å². The number of aryl methyl sites for hydroxylation is 2. The number of nitriles is 4. The van der Waals surface area contributed by atoms with E-state index in [4.69, 9.17) is 9.47 Å². The van der Waals surface area contributed by atoms with Gasteiger partial charge >= 0.3 is 0 Å². The average Bonchev–Trinajstić information content (AvgIpc) is 3.38. The molecular formula is C60H44N4O2. The molecule has 6 heteroatoms. The highest BCUT2D eigenvalue weighted by Gasteiger charge is 2.14. The van der Waals surface area contributed by atoms with Crippen molar-refractivity contribution in [3.63, 3.8) is 0 Å². The summed E-state index contributed by atoms with van der Waals surface area (Å²) in [6.07, 6.45) is 0. The second-order valence-corrected chi connectivity index (χ2v) is 15.4. The summed E-state index contributed by atoms with van der Waals surface area (Å²) in [6.45, 7) is 4.13. The Balaban J connectivity index is 0.000000197. The highest BCUT2D eigenvalue weighted by Crippen LogP contribution is 2.32. The molecule has 0 saturated heterocycles. The molecule has 0 bridgehead atoms. The lowest BCUT2D eigenvalue weighted by atomic mass is 9.93. The number of nitrogens with zero attached hydrogens (tertiary/aromatic N) is 4. The molecule has 0 aliphatic heterocycles. The van der Waals surface area contributed by atoms with Crippen molar-refractivity contribution in [3.05, 3.63) is 228 Å². The summed E-state index contributed by atoms with van der Waals surface area (Å²) in [5.74, 6) is 1.60. The van der Waals surface area contributed by atoms with Crippen LogP contribution in [0.25, 0.3) is 66.8 Å². The van der Waals surface area contributed by atoms with Crippen molar-refractivity contribution in [2.75, 3.05) is 14.2 Å². The van der Waals surface area contributed by atoms with E-state index in [0.717, 1.165) is 67.1 Å². The first-order chi connectivity index (χ1) is 32.2. The standard InChI is InChI=1S/C30H22N2O2.C30H22N2/c1-33-27-15-11-23(12-16-27)21-3-7-25(8-4-21)29(19-31)30(20-32)26-9-5-22(6-10-26)24-13-17-28(34-2)18-14-24;1-21-3-7-23(8-4-21)25-11-15-27(16-12-25)29(19-31)30(20-32)28-17-13-26(14-18-28)24-9-5-22(2)6-10-24/h3-18H,1-2H3;3-18H,1-2H3/b2*30-29+. The van der Waals surface area contributed by atoms with E-state index in [0.29, 0.717) is 33.4 Å². The van der Waals surface area contributed by atoms with Crippen LogP contribution < -0.4 is 9.47 Å². The highest BCUT2D eigenvalue weighted by molar-refractivity contribution is 6.04. The van der Waals surface area contributed by atoms with Crippen LogP contribution in [0.4, 0.5) is 0 Å². The van der Waals surface area contributed by atoms with E-state index in [1.54, 1.807) is 14.2 Å². The third-order valence-electron chi connectivity index (χ3n) is 11.3. The van der Waals surface area contributed by atoms with Crippen molar-refractivity contribution in [3.8, 4) is 80.3 Å². The smallest absolute Gasteiger partial charge is 0.118 e. The Kier molecular flexibility index (Phi) is 14.4. The summed E-state index contributed by atoms with van der Waals surface area (Å²) in [5, 5.41) is 39.5. The number of allylic oxidation sites excluding steroid dienone is 4. The summed E-state index contributed by atoms with van der Waals surface area (Å²) in [7, 11) is 3.28. The molecule has 66 heavy (non-hydrogen) atoms. The van der Waals surface area contributed by atoms with Crippen LogP contribution in [0.1, 0.15) is 33.4 Å². The van der Waals surface area contributed by atoms with Crippen LogP contribution >= 0.6 is 0 Å².